The summed E-state index contributed by atoms with van der Waals surface area (Å²) < 4.78 is 0. The molecule has 0 aromatic heterocycles. The molecule has 2 N–H and O–H groups in total. The van der Waals surface area contributed by atoms with Crippen molar-refractivity contribution in [1.82, 2.24) is 15.5 Å². The average Bonchev–Trinajstić information content (AvgIpc) is 2.58. The van der Waals surface area contributed by atoms with Crippen molar-refractivity contribution >= 4 is 17.7 Å². The van der Waals surface area contributed by atoms with Gasteiger partial charge >= 0.3 is 0 Å². The third kappa shape index (κ3) is 4.22. The van der Waals surface area contributed by atoms with Crippen LogP contribution >= 0.6 is 0 Å². The summed E-state index contributed by atoms with van der Waals surface area (Å²) in [6, 6.07) is -0.00715. The summed E-state index contributed by atoms with van der Waals surface area (Å²) in [6.45, 7) is 1.30. The second kappa shape index (κ2) is 6.54. The lowest BCUT2D eigenvalue weighted by molar-refractivity contribution is -0.136. The number of nitrogens with zero attached hydrogens (tertiary/aromatic N) is 1. The minimum atomic E-state index is -0.128. The number of amides is 3. The first-order valence-corrected chi connectivity index (χ1v) is 6.99. The smallest absolute Gasteiger partial charge is 0.239 e. The van der Waals surface area contributed by atoms with Crippen molar-refractivity contribution in [1.29, 1.82) is 0 Å². The molecule has 106 valence electrons. The maximum Gasteiger partial charge on any atom is 0.239 e. The topological polar surface area (TPSA) is 78.5 Å². The Kier molecular flexibility index (Phi) is 4.76. The van der Waals surface area contributed by atoms with E-state index in [1.807, 2.05) is 0 Å². The Morgan fingerprint density at radius 1 is 1.26 bits per heavy atom. The third-order valence-corrected chi connectivity index (χ3v) is 3.64. The molecule has 2 aliphatic heterocycles. The average molecular weight is 267 g/mol. The SMILES string of the molecule is O=C1CCC(NC(=O)CN2CCCCCC2=O)CN1. The normalized spacial score (nSPS) is 24.6. The molecule has 0 aromatic rings. The first-order chi connectivity index (χ1) is 9.15. The fourth-order valence-corrected chi connectivity index (χ4v) is 2.51. The largest absolute Gasteiger partial charge is 0.354 e. The summed E-state index contributed by atoms with van der Waals surface area (Å²) in [6.07, 6.45) is 4.62. The molecule has 2 rings (SSSR count). The van der Waals surface area contributed by atoms with Crippen LogP contribution in [0.3, 0.4) is 0 Å². The van der Waals surface area contributed by atoms with Gasteiger partial charge in [-0.1, -0.05) is 6.42 Å². The fourth-order valence-electron chi connectivity index (χ4n) is 2.51. The number of rotatable bonds is 3. The van der Waals surface area contributed by atoms with Crippen molar-refractivity contribution in [2.75, 3.05) is 19.6 Å². The van der Waals surface area contributed by atoms with Gasteiger partial charge in [-0.15, -0.1) is 0 Å². The van der Waals surface area contributed by atoms with Crippen molar-refractivity contribution in [3.8, 4) is 0 Å². The highest BCUT2D eigenvalue weighted by atomic mass is 16.2. The van der Waals surface area contributed by atoms with E-state index >= 15 is 0 Å². The number of carbonyl (C=O) groups is 3. The van der Waals surface area contributed by atoms with Gasteiger partial charge in [0.2, 0.25) is 17.7 Å². The van der Waals surface area contributed by atoms with Crippen LogP contribution in [0.15, 0.2) is 0 Å². The van der Waals surface area contributed by atoms with Gasteiger partial charge < -0.3 is 15.5 Å². The molecule has 0 aromatic carbocycles. The highest BCUT2D eigenvalue weighted by Gasteiger charge is 2.23. The first kappa shape index (κ1) is 13.8. The lowest BCUT2D eigenvalue weighted by atomic mass is 10.1. The zero-order chi connectivity index (χ0) is 13.7. The second-order valence-electron chi connectivity index (χ2n) is 5.23. The molecule has 2 fully saturated rings. The van der Waals surface area contributed by atoms with Crippen LogP contribution in [-0.4, -0.2) is 48.3 Å². The third-order valence-electron chi connectivity index (χ3n) is 3.64. The van der Waals surface area contributed by atoms with E-state index < -0.39 is 0 Å². The van der Waals surface area contributed by atoms with Crippen LogP contribution in [-0.2, 0) is 14.4 Å². The Morgan fingerprint density at radius 3 is 2.84 bits per heavy atom. The molecule has 0 bridgehead atoms. The molecular formula is C13H21N3O3. The summed E-state index contributed by atoms with van der Waals surface area (Å²) in [5, 5.41) is 5.61. The minimum absolute atomic E-state index is 0.00715. The van der Waals surface area contributed by atoms with Crippen molar-refractivity contribution in [3.05, 3.63) is 0 Å². The Morgan fingerprint density at radius 2 is 2.11 bits per heavy atom. The van der Waals surface area contributed by atoms with E-state index in [1.54, 1.807) is 4.90 Å². The molecule has 3 amide bonds. The Hall–Kier alpha value is -1.59. The van der Waals surface area contributed by atoms with Gasteiger partial charge in [-0.3, -0.25) is 14.4 Å². The van der Waals surface area contributed by atoms with Gasteiger partial charge in [-0.25, -0.2) is 0 Å². The molecule has 0 aliphatic carbocycles. The number of likely N-dealkylation sites (tertiary alicyclic amines) is 1. The van der Waals surface area contributed by atoms with Crippen LogP contribution in [0.2, 0.25) is 0 Å². The fraction of sp³-hybridized carbons (Fsp3) is 0.769. The van der Waals surface area contributed by atoms with Gasteiger partial charge in [0.1, 0.15) is 0 Å². The first-order valence-electron chi connectivity index (χ1n) is 6.99. The Balaban J connectivity index is 1.76. The van der Waals surface area contributed by atoms with Crippen LogP contribution in [0.4, 0.5) is 0 Å². The van der Waals surface area contributed by atoms with Crippen molar-refractivity contribution in [2.24, 2.45) is 0 Å². The lowest BCUT2D eigenvalue weighted by Crippen LogP contribution is -2.50. The summed E-state index contributed by atoms with van der Waals surface area (Å²) >= 11 is 0. The van der Waals surface area contributed by atoms with E-state index in [1.165, 1.54) is 0 Å². The highest BCUT2D eigenvalue weighted by Crippen LogP contribution is 2.11. The molecular weight excluding hydrogens is 246 g/mol. The van der Waals surface area contributed by atoms with Gasteiger partial charge in [0.05, 0.1) is 6.54 Å². The number of hydrogen-bond donors (Lipinski definition) is 2. The number of piperidine rings is 1. The maximum atomic E-state index is 11.9. The molecule has 0 radical (unpaired) electrons. The number of nitrogens with one attached hydrogen (secondary N) is 2. The predicted molar refractivity (Wildman–Crippen MR) is 69.2 cm³/mol. The van der Waals surface area contributed by atoms with Crippen LogP contribution in [0, 0.1) is 0 Å². The van der Waals surface area contributed by atoms with E-state index in [0.29, 0.717) is 32.4 Å². The van der Waals surface area contributed by atoms with Crippen molar-refractivity contribution < 1.29 is 14.4 Å². The molecule has 2 aliphatic rings. The summed E-state index contributed by atoms with van der Waals surface area (Å²) in [4.78, 5) is 36.3. The van der Waals surface area contributed by atoms with Crippen LogP contribution in [0.25, 0.3) is 0 Å². The molecule has 2 saturated heterocycles. The number of hydrogen-bond acceptors (Lipinski definition) is 3. The Bertz CT molecular complexity index is 360. The predicted octanol–water partition coefficient (Wildman–Crippen LogP) is -0.216. The summed E-state index contributed by atoms with van der Waals surface area (Å²) in [5.41, 5.74) is 0. The lowest BCUT2D eigenvalue weighted by Gasteiger charge is -2.25. The molecule has 6 nitrogen and oxygen atoms in total. The van der Waals surface area contributed by atoms with Gasteiger partial charge in [0.25, 0.3) is 0 Å². The van der Waals surface area contributed by atoms with Gasteiger partial charge in [0, 0.05) is 32.0 Å². The summed E-state index contributed by atoms with van der Waals surface area (Å²) in [7, 11) is 0. The van der Waals surface area contributed by atoms with E-state index in [9.17, 15) is 14.4 Å². The second-order valence-corrected chi connectivity index (χ2v) is 5.23. The molecule has 2 heterocycles. The van der Waals surface area contributed by atoms with Gasteiger partial charge in [-0.05, 0) is 19.3 Å². The van der Waals surface area contributed by atoms with E-state index in [0.717, 1.165) is 19.3 Å². The standard InChI is InChI=1S/C13H21N3O3/c17-11-6-5-10(8-14-11)15-12(18)9-16-7-3-1-2-4-13(16)19/h10H,1-9H2,(H,14,17)(H,15,18). The number of carbonyl (C=O) groups excluding carboxylic acids is 3. The zero-order valence-electron chi connectivity index (χ0n) is 11.1. The van der Waals surface area contributed by atoms with Crippen LogP contribution in [0.5, 0.6) is 0 Å². The zero-order valence-corrected chi connectivity index (χ0v) is 11.1. The van der Waals surface area contributed by atoms with Gasteiger partial charge in [0.15, 0.2) is 0 Å². The van der Waals surface area contributed by atoms with E-state index in [4.69, 9.17) is 0 Å². The van der Waals surface area contributed by atoms with Crippen LogP contribution < -0.4 is 10.6 Å². The quantitative estimate of drug-likeness (QED) is 0.742. The molecule has 6 heteroatoms. The van der Waals surface area contributed by atoms with Crippen molar-refractivity contribution in [3.63, 3.8) is 0 Å². The van der Waals surface area contributed by atoms with Gasteiger partial charge in [-0.2, -0.15) is 0 Å². The molecule has 1 unspecified atom stereocenters. The summed E-state index contributed by atoms with van der Waals surface area (Å²) in [5.74, 6) is -0.0193. The maximum absolute atomic E-state index is 11.9. The minimum Gasteiger partial charge on any atom is -0.354 e. The molecule has 1 atom stereocenters. The Labute approximate surface area is 112 Å². The molecule has 0 spiro atoms. The molecule has 19 heavy (non-hydrogen) atoms. The van der Waals surface area contributed by atoms with E-state index in [2.05, 4.69) is 10.6 Å². The van der Waals surface area contributed by atoms with Crippen LogP contribution in [0.1, 0.15) is 38.5 Å². The van der Waals surface area contributed by atoms with Crippen molar-refractivity contribution in [2.45, 2.75) is 44.6 Å². The highest BCUT2D eigenvalue weighted by molar-refractivity contribution is 5.85. The monoisotopic (exact) mass is 267 g/mol. The van der Waals surface area contributed by atoms with E-state index in [-0.39, 0.29) is 30.3 Å². The molecule has 0 saturated carbocycles.